The summed E-state index contributed by atoms with van der Waals surface area (Å²) in [5.41, 5.74) is 1.03. The number of halogens is 1. The molecule has 6 nitrogen and oxygen atoms in total. The smallest absolute Gasteiger partial charge is 0.275 e. The fourth-order valence-corrected chi connectivity index (χ4v) is 3.56. The Kier molecular flexibility index (Phi) is 5.73. The Balaban J connectivity index is 1.41. The number of benzene rings is 1. The highest BCUT2D eigenvalue weighted by Crippen LogP contribution is 2.31. The van der Waals surface area contributed by atoms with Crippen LogP contribution in [-0.4, -0.2) is 65.4 Å². The Morgan fingerprint density at radius 3 is 2.68 bits per heavy atom. The molecule has 1 saturated carbocycles. The van der Waals surface area contributed by atoms with Gasteiger partial charge in [0.2, 0.25) is 5.89 Å². The van der Waals surface area contributed by atoms with Crippen LogP contribution >= 0.6 is 0 Å². The molecule has 1 aromatic carbocycles. The summed E-state index contributed by atoms with van der Waals surface area (Å²) in [5.74, 6) is 0.898. The number of carbonyl (C=O) groups is 1. The van der Waals surface area contributed by atoms with Crippen LogP contribution in [0.25, 0.3) is 0 Å². The van der Waals surface area contributed by atoms with E-state index in [2.05, 4.69) is 21.8 Å². The summed E-state index contributed by atoms with van der Waals surface area (Å²) >= 11 is 0. The van der Waals surface area contributed by atoms with Gasteiger partial charge in [-0.2, -0.15) is 0 Å². The maximum absolute atomic E-state index is 14.1. The van der Waals surface area contributed by atoms with Crippen LogP contribution in [0.3, 0.4) is 0 Å². The summed E-state index contributed by atoms with van der Waals surface area (Å²) < 4.78 is 19.7. The molecule has 1 saturated heterocycles. The van der Waals surface area contributed by atoms with Gasteiger partial charge < -0.3 is 14.2 Å². The van der Waals surface area contributed by atoms with Crippen molar-refractivity contribution in [2.45, 2.75) is 25.9 Å². The predicted octanol–water partition coefficient (Wildman–Crippen LogP) is 2.61. The zero-order valence-electron chi connectivity index (χ0n) is 16.3. The minimum Gasteiger partial charge on any atom is -0.447 e. The fourth-order valence-electron chi connectivity index (χ4n) is 3.56. The molecule has 1 aliphatic carbocycles. The molecule has 28 heavy (non-hydrogen) atoms. The van der Waals surface area contributed by atoms with Gasteiger partial charge in [0.25, 0.3) is 5.91 Å². The number of nitrogens with zero attached hydrogens (tertiary/aromatic N) is 4. The van der Waals surface area contributed by atoms with Crippen LogP contribution < -0.4 is 0 Å². The number of likely N-dealkylation sites (N-methyl/N-ethyl adjacent to an activating group) is 1. The molecule has 0 radical (unpaired) electrons. The van der Waals surface area contributed by atoms with E-state index in [0.717, 1.165) is 19.6 Å². The minimum absolute atomic E-state index is 0.0778. The second-order valence-corrected chi connectivity index (χ2v) is 7.93. The van der Waals surface area contributed by atoms with Crippen LogP contribution in [0.15, 0.2) is 34.9 Å². The van der Waals surface area contributed by atoms with Crippen molar-refractivity contribution in [1.29, 1.82) is 0 Å². The Morgan fingerprint density at radius 2 is 1.96 bits per heavy atom. The number of aromatic nitrogens is 1. The van der Waals surface area contributed by atoms with E-state index >= 15 is 0 Å². The van der Waals surface area contributed by atoms with Crippen LogP contribution in [0, 0.1) is 11.7 Å². The van der Waals surface area contributed by atoms with Crippen molar-refractivity contribution >= 4 is 5.91 Å². The molecule has 150 valence electrons. The highest BCUT2D eigenvalue weighted by atomic mass is 19.1. The molecule has 2 heterocycles. The Bertz CT molecular complexity index is 812. The van der Waals surface area contributed by atoms with E-state index in [4.69, 9.17) is 4.42 Å². The van der Waals surface area contributed by atoms with Crippen LogP contribution in [0.4, 0.5) is 4.39 Å². The van der Waals surface area contributed by atoms with E-state index in [0.29, 0.717) is 49.2 Å². The quantitative estimate of drug-likeness (QED) is 0.732. The maximum Gasteiger partial charge on any atom is 0.275 e. The average Bonchev–Trinajstić information content (AvgIpc) is 3.38. The number of hydrogen-bond donors (Lipinski definition) is 0. The van der Waals surface area contributed by atoms with Gasteiger partial charge >= 0.3 is 0 Å². The summed E-state index contributed by atoms with van der Waals surface area (Å²) in [6.07, 6.45) is 3.88. The summed E-state index contributed by atoms with van der Waals surface area (Å²) in [5, 5.41) is 0. The molecule has 2 aliphatic rings. The third-order valence-electron chi connectivity index (χ3n) is 5.49. The lowest BCUT2D eigenvalue weighted by atomic mass is 10.2. The number of oxazole rings is 1. The fraction of sp³-hybridized carbons (Fsp3) is 0.524. The van der Waals surface area contributed by atoms with Gasteiger partial charge in [-0.25, -0.2) is 9.37 Å². The first-order valence-electron chi connectivity index (χ1n) is 9.96. The van der Waals surface area contributed by atoms with Gasteiger partial charge in [0.05, 0.1) is 6.54 Å². The zero-order chi connectivity index (χ0) is 19.5. The van der Waals surface area contributed by atoms with E-state index < -0.39 is 0 Å². The van der Waals surface area contributed by atoms with Gasteiger partial charge in [0, 0.05) is 44.8 Å². The van der Waals surface area contributed by atoms with Crippen molar-refractivity contribution in [2.75, 3.05) is 39.8 Å². The standard InChI is InChI=1S/C21H27FN4O2/c1-24-8-10-26(11-9-24)21(27)19-15-28-20(23-19)14-25(12-16-6-7-16)13-17-4-2-3-5-18(17)22/h2-5,15-16H,6-14H2,1H3. The van der Waals surface area contributed by atoms with Crippen LogP contribution in [0.2, 0.25) is 0 Å². The lowest BCUT2D eigenvalue weighted by Gasteiger charge is -2.31. The van der Waals surface area contributed by atoms with Gasteiger partial charge in [-0.1, -0.05) is 18.2 Å². The highest BCUT2D eigenvalue weighted by molar-refractivity contribution is 5.92. The van der Waals surface area contributed by atoms with Crippen LogP contribution in [-0.2, 0) is 13.1 Å². The van der Waals surface area contributed by atoms with Crippen molar-refractivity contribution in [3.8, 4) is 0 Å². The number of carbonyl (C=O) groups excluding carboxylic acids is 1. The van der Waals surface area contributed by atoms with E-state index in [1.165, 1.54) is 25.2 Å². The van der Waals surface area contributed by atoms with E-state index in [1.807, 2.05) is 17.0 Å². The normalized spacial score (nSPS) is 18.0. The van der Waals surface area contributed by atoms with Gasteiger partial charge in [0.1, 0.15) is 12.1 Å². The number of amides is 1. The molecule has 7 heteroatoms. The molecule has 2 fully saturated rings. The first-order chi connectivity index (χ1) is 13.6. The Morgan fingerprint density at radius 1 is 1.21 bits per heavy atom. The number of hydrogen-bond acceptors (Lipinski definition) is 5. The van der Waals surface area contributed by atoms with Crippen molar-refractivity contribution in [1.82, 2.24) is 19.7 Å². The molecule has 1 aromatic heterocycles. The van der Waals surface area contributed by atoms with Crippen LogP contribution in [0.1, 0.15) is 34.8 Å². The molecule has 1 aliphatic heterocycles. The van der Waals surface area contributed by atoms with E-state index in [-0.39, 0.29) is 11.7 Å². The van der Waals surface area contributed by atoms with Gasteiger partial charge in [-0.15, -0.1) is 0 Å². The molecule has 4 rings (SSSR count). The monoisotopic (exact) mass is 386 g/mol. The first-order valence-corrected chi connectivity index (χ1v) is 9.96. The lowest BCUT2D eigenvalue weighted by molar-refractivity contribution is 0.0658. The molecule has 0 bridgehead atoms. The lowest BCUT2D eigenvalue weighted by Crippen LogP contribution is -2.47. The van der Waals surface area contributed by atoms with Crippen LogP contribution in [0.5, 0.6) is 0 Å². The minimum atomic E-state index is -0.193. The predicted molar refractivity (Wildman–Crippen MR) is 103 cm³/mol. The third-order valence-corrected chi connectivity index (χ3v) is 5.49. The van der Waals surface area contributed by atoms with Gasteiger partial charge in [0.15, 0.2) is 5.69 Å². The maximum atomic E-state index is 14.1. The van der Waals surface area contributed by atoms with Crippen molar-refractivity contribution < 1.29 is 13.6 Å². The van der Waals surface area contributed by atoms with Crippen molar-refractivity contribution in [3.05, 3.63) is 53.5 Å². The molecular weight excluding hydrogens is 359 g/mol. The zero-order valence-corrected chi connectivity index (χ0v) is 16.3. The second-order valence-electron chi connectivity index (χ2n) is 7.93. The second kappa shape index (κ2) is 8.41. The topological polar surface area (TPSA) is 52.8 Å². The third kappa shape index (κ3) is 4.77. The van der Waals surface area contributed by atoms with Crippen molar-refractivity contribution in [2.24, 2.45) is 5.92 Å². The summed E-state index contributed by atoms with van der Waals surface area (Å²) in [6.45, 7) is 5.02. The summed E-state index contributed by atoms with van der Waals surface area (Å²) in [6, 6.07) is 6.86. The van der Waals surface area contributed by atoms with Gasteiger partial charge in [-0.05, 0) is 31.9 Å². The molecule has 2 aromatic rings. The Labute approximate surface area is 164 Å². The van der Waals surface area contributed by atoms with Gasteiger partial charge in [-0.3, -0.25) is 9.69 Å². The molecule has 1 amide bonds. The van der Waals surface area contributed by atoms with Crippen molar-refractivity contribution in [3.63, 3.8) is 0 Å². The molecule has 0 N–H and O–H groups in total. The molecule has 0 unspecified atom stereocenters. The molecular formula is C21H27FN4O2. The molecule has 0 atom stereocenters. The van der Waals surface area contributed by atoms with E-state index in [1.54, 1.807) is 6.07 Å². The number of piperazine rings is 1. The highest BCUT2D eigenvalue weighted by Gasteiger charge is 2.27. The SMILES string of the molecule is CN1CCN(C(=O)c2coc(CN(Cc3ccccc3F)CC3CC3)n2)CC1. The average molecular weight is 386 g/mol. The Hall–Kier alpha value is -2.25. The summed E-state index contributed by atoms with van der Waals surface area (Å²) in [4.78, 5) is 23.3. The molecule has 0 spiro atoms. The summed E-state index contributed by atoms with van der Waals surface area (Å²) in [7, 11) is 2.06. The number of rotatable bonds is 7. The van der Waals surface area contributed by atoms with E-state index in [9.17, 15) is 9.18 Å². The first kappa shape index (κ1) is 19.1. The largest absolute Gasteiger partial charge is 0.447 e.